The van der Waals surface area contributed by atoms with E-state index in [-0.39, 0.29) is 0 Å². The van der Waals surface area contributed by atoms with Crippen molar-refractivity contribution in [3.63, 3.8) is 0 Å². The molecule has 0 amide bonds. The normalized spacial score (nSPS) is 11.4. The number of rotatable bonds is 10. The summed E-state index contributed by atoms with van der Waals surface area (Å²) in [6.07, 6.45) is 1.90. The molecule has 0 aromatic heterocycles. The van der Waals surface area contributed by atoms with E-state index in [9.17, 15) is 0 Å². The molecule has 0 radical (unpaired) electrons. The highest BCUT2D eigenvalue weighted by molar-refractivity contribution is 5.79. The lowest BCUT2D eigenvalue weighted by atomic mass is 10.1. The maximum absolute atomic E-state index is 5.89. The van der Waals surface area contributed by atoms with Gasteiger partial charge in [-0.1, -0.05) is 18.2 Å². The summed E-state index contributed by atoms with van der Waals surface area (Å²) in [6, 6.07) is 6.21. The van der Waals surface area contributed by atoms with Gasteiger partial charge in [-0.05, 0) is 44.7 Å². The molecule has 0 aliphatic carbocycles. The van der Waals surface area contributed by atoms with Crippen LogP contribution < -0.4 is 15.4 Å². The molecule has 0 saturated carbocycles. The first-order valence-corrected chi connectivity index (χ1v) is 8.40. The van der Waals surface area contributed by atoms with Crippen LogP contribution in [0.4, 0.5) is 0 Å². The van der Waals surface area contributed by atoms with Crippen LogP contribution >= 0.6 is 0 Å². The number of nitrogens with one attached hydrogen (secondary N) is 2. The largest absolute Gasteiger partial charge is 0.493 e. The van der Waals surface area contributed by atoms with Crippen molar-refractivity contribution >= 4 is 5.96 Å². The lowest BCUT2D eigenvalue weighted by molar-refractivity contribution is 0.145. The first-order chi connectivity index (χ1) is 11.2. The quantitative estimate of drug-likeness (QED) is 0.395. The summed E-state index contributed by atoms with van der Waals surface area (Å²) in [7, 11) is 1.78. The van der Waals surface area contributed by atoms with Crippen LogP contribution in [0.25, 0.3) is 0 Å². The van der Waals surface area contributed by atoms with Gasteiger partial charge in [0.05, 0.1) is 6.61 Å². The number of hydrogen-bond donors (Lipinski definition) is 2. The second kappa shape index (κ2) is 11.8. The highest BCUT2D eigenvalue weighted by Crippen LogP contribution is 2.22. The Bertz CT molecular complexity index is 455. The van der Waals surface area contributed by atoms with Crippen LogP contribution in [-0.4, -0.2) is 45.9 Å². The first-order valence-electron chi connectivity index (χ1n) is 8.40. The lowest BCUT2D eigenvalue weighted by Gasteiger charge is -2.14. The van der Waals surface area contributed by atoms with Crippen molar-refractivity contribution in [1.82, 2.24) is 10.6 Å². The lowest BCUT2D eigenvalue weighted by Crippen LogP contribution is -2.38. The average molecular weight is 321 g/mol. The van der Waals surface area contributed by atoms with E-state index in [1.165, 1.54) is 11.1 Å². The minimum absolute atomic E-state index is 0.694. The van der Waals surface area contributed by atoms with Crippen molar-refractivity contribution in [2.45, 2.75) is 33.6 Å². The number of para-hydroxylation sites is 1. The molecule has 0 heterocycles. The van der Waals surface area contributed by atoms with E-state index in [2.05, 4.69) is 47.7 Å². The fourth-order valence-corrected chi connectivity index (χ4v) is 2.23. The Kier molecular flexibility index (Phi) is 9.87. The molecular formula is C18H31N3O2. The number of aryl methyl sites for hydroxylation is 2. The fraction of sp³-hybridized carbons (Fsp3) is 0.611. The van der Waals surface area contributed by atoms with E-state index in [0.29, 0.717) is 6.61 Å². The summed E-state index contributed by atoms with van der Waals surface area (Å²) in [4.78, 5) is 4.20. The molecule has 0 aliphatic rings. The molecule has 0 saturated heterocycles. The van der Waals surface area contributed by atoms with Gasteiger partial charge in [0.25, 0.3) is 0 Å². The average Bonchev–Trinajstić information content (AvgIpc) is 2.54. The molecule has 0 spiro atoms. The number of benzene rings is 1. The highest BCUT2D eigenvalue weighted by Gasteiger charge is 2.03. The predicted octanol–water partition coefficient (Wildman–Crippen LogP) is 2.66. The third-order valence-electron chi connectivity index (χ3n) is 3.45. The van der Waals surface area contributed by atoms with Crippen LogP contribution in [-0.2, 0) is 4.74 Å². The molecular weight excluding hydrogens is 290 g/mol. The van der Waals surface area contributed by atoms with Gasteiger partial charge in [-0.3, -0.25) is 4.99 Å². The monoisotopic (exact) mass is 321 g/mol. The third-order valence-corrected chi connectivity index (χ3v) is 3.45. The third kappa shape index (κ3) is 7.88. The van der Waals surface area contributed by atoms with Crippen LogP contribution in [0.5, 0.6) is 5.75 Å². The zero-order chi connectivity index (χ0) is 16.9. The van der Waals surface area contributed by atoms with Crippen molar-refractivity contribution in [3.05, 3.63) is 29.3 Å². The Balaban J connectivity index is 2.15. The zero-order valence-electron chi connectivity index (χ0n) is 14.9. The molecule has 23 heavy (non-hydrogen) atoms. The number of nitrogens with zero attached hydrogens (tertiary/aromatic N) is 1. The minimum atomic E-state index is 0.694. The van der Waals surface area contributed by atoms with E-state index in [1.807, 2.05) is 6.92 Å². The van der Waals surface area contributed by atoms with Crippen LogP contribution in [0.3, 0.4) is 0 Å². The van der Waals surface area contributed by atoms with Gasteiger partial charge in [0, 0.05) is 33.4 Å². The summed E-state index contributed by atoms with van der Waals surface area (Å²) in [5.74, 6) is 1.83. The summed E-state index contributed by atoms with van der Waals surface area (Å²) in [6.45, 7) is 10.1. The molecule has 1 aromatic rings. The maximum Gasteiger partial charge on any atom is 0.190 e. The van der Waals surface area contributed by atoms with Gasteiger partial charge in [0.15, 0.2) is 5.96 Å². The molecule has 2 N–H and O–H groups in total. The Morgan fingerprint density at radius 2 is 1.65 bits per heavy atom. The molecule has 1 aromatic carbocycles. The van der Waals surface area contributed by atoms with Gasteiger partial charge in [-0.25, -0.2) is 0 Å². The van der Waals surface area contributed by atoms with Crippen molar-refractivity contribution in [1.29, 1.82) is 0 Å². The van der Waals surface area contributed by atoms with Gasteiger partial charge in [-0.15, -0.1) is 0 Å². The Labute approximate surface area is 140 Å². The molecule has 130 valence electrons. The Morgan fingerprint density at radius 1 is 1.04 bits per heavy atom. The molecule has 0 fully saturated rings. The van der Waals surface area contributed by atoms with Gasteiger partial charge < -0.3 is 20.1 Å². The molecule has 1 rings (SSSR count). The molecule has 0 unspecified atom stereocenters. The standard InChI is InChI=1S/C18H31N3O2/c1-5-22-13-7-11-20-18(19-4)21-12-8-14-23-17-15(2)9-6-10-16(17)3/h6,9-10H,5,7-8,11-14H2,1-4H3,(H2,19,20,21). The van der Waals surface area contributed by atoms with E-state index in [1.54, 1.807) is 7.05 Å². The van der Waals surface area contributed by atoms with Gasteiger partial charge >= 0.3 is 0 Å². The Hall–Kier alpha value is -1.75. The van der Waals surface area contributed by atoms with Crippen molar-refractivity contribution in [2.24, 2.45) is 4.99 Å². The number of aliphatic imine (C=N–C) groups is 1. The smallest absolute Gasteiger partial charge is 0.190 e. The van der Waals surface area contributed by atoms with Crippen LogP contribution in [0, 0.1) is 13.8 Å². The molecule has 0 atom stereocenters. The Morgan fingerprint density at radius 3 is 2.22 bits per heavy atom. The van der Waals surface area contributed by atoms with Crippen molar-refractivity contribution < 1.29 is 9.47 Å². The van der Waals surface area contributed by atoms with E-state index >= 15 is 0 Å². The molecule has 0 bridgehead atoms. The van der Waals surface area contributed by atoms with E-state index < -0.39 is 0 Å². The summed E-state index contributed by atoms with van der Waals surface area (Å²) in [5, 5.41) is 6.57. The molecule has 0 aliphatic heterocycles. The molecule has 5 heteroatoms. The topological polar surface area (TPSA) is 54.9 Å². The molecule has 5 nitrogen and oxygen atoms in total. The predicted molar refractivity (Wildman–Crippen MR) is 96.5 cm³/mol. The van der Waals surface area contributed by atoms with Gasteiger partial charge in [-0.2, -0.15) is 0 Å². The zero-order valence-corrected chi connectivity index (χ0v) is 14.9. The highest BCUT2D eigenvalue weighted by atomic mass is 16.5. The van der Waals surface area contributed by atoms with Crippen LogP contribution in [0.1, 0.15) is 30.9 Å². The van der Waals surface area contributed by atoms with Crippen LogP contribution in [0.15, 0.2) is 23.2 Å². The van der Waals surface area contributed by atoms with Crippen LogP contribution in [0.2, 0.25) is 0 Å². The SMILES string of the molecule is CCOCCCNC(=NC)NCCCOc1c(C)cccc1C. The number of ether oxygens (including phenoxy) is 2. The van der Waals surface area contributed by atoms with Gasteiger partial charge in [0.2, 0.25) is 0 Å². The summed E-state index contributed by atoms with van der Waals surface area (Å²) in [5.41, 5.74) is 2.37. The summed E-state index contributed by atoms with van der Waals surface area (Å²) >= 11 is 0. The number of hydrogen-bond acceptors (Lipinski definition) is 3. The van der Waals surface area contributed by atoms with E-state index in [4.69, 9.17) is 9.47 Å². The second-order valence-electron chi connectivity index (χ2n) is 5.40. The first kappa shape index (κ1) is 19.3. The van der Waals surface area contributed by atoms with Gasteiger partial charge in [0.1, 0.15) is 5.75 Å². The maximum atomic E-state index is 5.89. The fourth-order valence-electron chi connectivity index (χ4n) is 2.23. The minimum Gasteiger partial charge on any atom is -0.493 e. The van der Waals surface area contributed by atoms with Crippen molar-refractivity contribution in [2.75, 3.05) is 40.0 Å². The van der Waals surface area contributed by atoms with E-state index in [0.717, 1.165) is 50.9 Å². The number of guanidine groups is 1. The summed E-state index contributed by atoms with van der Waals surface area (Å²) < 4.78 is 11.2. The van der Waals surface area contributed by atoms with Crippen molar-refractivity contribution in [3.8, 4) is 5.75 Å². The second-order valence-corrected chi connectivity index (χ2v) is 5.40.